The van der Waals surface area contributed by atoms with E-state index in [0.717, 1.165) is 17.2 Å². The van der Waals surface area contributed by atoms with Crippen molar-refractivity contribution < 1.29 is 0 Å². The quantitative estimate of drug-likeness (QED) is 0.553. The van der Waals surface area contributed by atoms with Gasteiger partial charge in [-0.05, 0) is 43.5 Å². The second-order valence-corrected chi connectivity index (χ2v) is 8.15. The third-order valence-electron chi connectivity index (χ3n) is 5.17. The highest BCUT2D eigenvalue weighted by atomic mass is 32.1. The van der Waals surface area contributed by atoms with Crippen molar-refractivity contribution in [3.63, 3.8) is 0 Å². The molecule has 132 valence electrons. The van der Waals surface area contributed by atoms with Crippen LogP contribution in [0.15, 0.2) is 36.8 Å². The van der Waals surface area contributed by atoms with Crippen LogP contribution in [0.4, 0.5) is 5.82 Å². The molecule has 0 unspecified atom stereocenters. The highest BCUT2D eigenvalue weighted by Gasteiger charge is 2.15. The predicted octanol–water partition coefficient (Wildman–Crippen LogP) is 5.06. The van der Waals surface area contributed by atoms with Crippen LogP contribution in [-0.2, 0) is 0 Å². The minimum absolute atomic E-state index is 0.540. The summed E-state index contributed by atoms with van der Waals surface area (Å²) < 4.78 is 3.24. The van der Waals surface area contributed by atoms with Crippen molar-refractivity contribution in [3.8, 4) is 10.6 Å². The van der Waals surface area contributed by atoms with Gasteiger partial charge in [0.2, 0.25) is 0 Å². The molecule has 6 heteroatoms. The smallest absolute Gasteiger partial charge is 0.154 e. The molecule has 0 radical (unpaired) electrons. The Labute approximate surface area is 156 Å². The third-order valence-corrected chi connectivity index (χ3v) is 6.48. The van der Waals surface area contributed by atoms with E-state index in [9.17, 15) is 0 Å². The lowest BCUT2D eigenvalue weighted by atomic mass is 9.95. The number of rotatable bonds is 3. The molecule has 4 aromatic heterocycles. The van der Waals surface area contributed by atoms with Crippen molar-refractivity contribution in [1.29, 1.82) is 0 Å². The predicted molar refractivity (Wildman–Crippen MR) is 107 cm³/mol. The topological polar surface area (TPSA) is 55.1 Å². The van der Waals surface area contributed by atoms with Crippen LogP contribution in [0.5, 0.6) is 0 Å². The van der Waals surface area contributed by atoms with Gasteiger partial charge in [-0.3, -0.25) is 4.98 Å². The van der Waals surface area contributed by atoms with E-state index < -0.39 is 0 Å². The number of fused-ring (bicyclic) bond motifs is 2. The number of pyridine rings is 1. The minimum Gasteiger partial charge on any atom is -0.366 e. The van der Waals surface area contributed by atoms with Gasteiger partial charge in [-0.1, -0.05) is 19.3 Å². The largest absolute Gasteiger partial charge is 0.366 e. The van der Waals surface area contributed by atoms with Gasteiger partial charge in [0.15, 0.2) is 5.65 Å². The molecule has 0 spiro atoms. The van der Waals surface area contributed by atoms with Crippen LogP contribution in [-0.4, -0.2) is 25.6 Å². The maximum Gasteiger partial charge on any atom is 0.154 e. The highest BCUT2D eigenvalue weighted by Crippen LogP contribution is 2.35. The Morgan fingerprint density at radius 3 is 2.85 bits per heavy atom. The van der Waals surface area contributed by atoms with E-state index in [1.165, 1.54) is 52.6 Å². The number of hydrogen-bond acceptors (Lipinski definition) is 5. The van der Waals surface area contributed by atoms with Crippen molar-refractivity contribution in [3.05, 3.63) is 42.4 Å². The lowest BCUT2D eigenvalue weighted by Crippen LogP contribution is -2.23. The lowest BCUT2D eigenvalue weighted by Gasteiger charge is -2.23. The fourth-order valence-corrected chi connectivity index (χ4v) is 4.89. The summed E-state index contributed by atoms with van der Waals surface area (Å²) in [5, 5.41) is 9.62. The lowest BCUT2D eigenvalue weighted by molar-refractivity contribution is 0.461. The molecule has 1 aliphatic carbocycles. The summed E-state index contributed by atoms with van der Waals surface area (Å²) >= 11 is 1.78. The number of thiophene rings is 1. The van der Waals surface area contributed by atoms with Crippen LogP contribution >= 0.6 is 11.3 Å². The molecular formula is C20H21N5S. The molecule has 4 aromatic rings. The fourth-order valence-electron chi connectivity index (χ4n) is 3.80. The molecule has 0 saturated heterocycles. The molecule has 0 atom stereocenters. The van der Waals surface area contributed by atoms with Gasteiger partial charge < -0.3 is 5.32 Å². The van der Waals surface area contributed by atoms with Crippen LogP contribution < -0.4 is 5.32 Å². The summed E-state index contributed by atoms with van der Waals surface area (Å²) in [6.07, 6.45) is 12.2. The van der Waals surface area contributed by atoms with Crippen LogP contribution in [0.3, 0.4) is 0 Å². The first kappa shape index (κ1) is 15.8. The molecule has 5 nitrogen and oxygen atoms in total. The molecule has 1 saturated carbocycles. The maximum absolute atomic E-state index is 4.83. The zero-order valence-corrected chi connectivity index (χ0v) is 15.6. The molecule has 1 aliphatic rings. The summed E-state index contributed by atoms with van der Waals surface area (Å²) in [4.78, 5) is 10.0. The minimum atomic E-state index is 0.540. The summed E-state index contributed by atoms with van der Waals surface area (Å²) in [7, 11) is 0. The summed E-state index contributed by atoms with van der Waals surface area (Å²) in [6, 6.07) is 6.81. The molecule has 5 rings (SSSR count). The van der Waals surface area contributed by atoms with Crippen molar-refractivity contribution in [2.24, 2.45) is 0 Å². The summed E-state index contributed by atoms with van der Waals surface area (Å²) in [5.41, 5.74) is 3.12. The van der Waals surface area contributed by atoms with E-state index in [1.807, 2.05) is 35.2 Å². The van der Waals surface area contributed by atoms with E-state index in [0.29, 0.717) is 6.04 Å². The molecule has 0 bridgehead atoms. The number of imidazole rings is 1. The fraction of sp³-hybridized carbons (Fsp3) is 0.350. The summed E-state index contributed by atoms with van der Waals surface area (Å²) in [6.45, 7) is 2.11. The van der Waals surface area contributed by atoms with Crippen LogP contribution in [0, 0.1) is 6.92 Å². The molecule has 26 heavy (non-hydrogen) atoms. The first-order valence-corrected chi connectivity index (χ1v) is 10.1. The Kier molecular flexibility index (Phi) is 3.85. The Bertz CT molecular complexity index is 1070. The zero-order valence-electron chi connectivity index (χ0n) is 14.8. The van der Waals surface area contributed by atoms with Crippen molar-refractivity contribution in [2.75, 3.05) is 5.32 Å². The molecule has 0 aromatic carbocycles. The average Bonchev–Trinajstić information content (AvgIpc) is 3.27. The molecule has 4 heterocycles. The Balaban J connectivity index is 1.54. The SMILES string of the molecule is Cc1cncc2cc(-c3cnc4ccc(NC5CCCCC5)nn34)sc12. The van der Waals surface area contributed by atoms with Crippen LogP contribution in [0.25, 0.3) is 26.3 Å². The van der Waals surface area contributed by atoms with Crippen molar-refractivity contribution >= 4 is 32.9 Å². The normalized spacial score (nSPS) is 15.7. The van der Waals surface area contributed by atoms with E-state index in [4.69, 9.17) is 5.10 Å². The van der Waals surface area contributed by atoms with Crippen molar-refractivity contribution in [1.82, 2.24) is 19.6 Å². The Hall–Kier alpha value is -2.47. The third kappa shape index (κ3) is 2.74. The monoisotopic (exact) mass is 363 g/mol. The highest BCUT2D eigenvalue weighted by molar-refractivity contribution is 7.22. The molecule has 1 N–H and O–H groups in total. The van der Waals surface area contributed by atoms with Gasteiger partial charge in [-0.2, -0.15) is 0 Å². The first-order chi connectivity index (χ1) is 12.8. The first-order valence-electron chi connectivity index (χ1n) is 9.24. The van der Waals surface area contributed by atoms with Crippen LogP contribution in [0.1, 0.15) is 37.7 Å². The Morgan fingerprint density at radius 1 is 1.12 bits per heavy atom. The number of nitrogens with zero attached hydrogens (tertiary/aromatic N) is 4. The molecule has 1 fully saturated rings. The van der Waals surface area contributed by atoms with Gasteiger partial charge in [0, 0.05) is 28.5 Å². The van der Waals surface area contributed by atoms with E-state index in [-0.39, 0.29) is 0 Å². The average molecular weight is 363 g/mol. The number of aromatic nitrogens is 4. The Morgan fingerprint density at radius 2 is 2.00 bits per heavy atom. The number of anilines is 1. The zero-order chi connectivity index (χ0) is 17.5. The molecular weight excluding hydrogens is 342 g/mol. The van der Waals surface area contributed by atoms with Crippen molar-refractivity contribution in [2.45, 2.75) is 45.1 Å². The van der Waals surface area contributed by atoms with E-state index in [1.54, 1.807) is 11.3 Å². The van der Waals surface area contributed by atoms with Gasteiger partial charge in [0.05, 0.1) is 11.1 Å². The molecule has 0 amide bonds. The summed E-state index contributed by atoms with van der Waals surface area (Å²) in [5.74, 6) is 0.933. The molecule has 0 aliphatic heterocycles. The second kappa shape index (κ2) is 6.36. The number of aryl methyl sites for hydroxylation is 1. The standard InChI is InChI=1S/C20H21N5S/c1-13-10-21-11-14-9-17(26-20(13)14)16-12-22-19-8-7-18(24-25(16)19)23-15-5-3-2-4-6-15/h7-12,15H,2-6H2,1H3,(H,23,24). The second-order valence-electron chi connectivity index (χ2n) is 7.10. The van der Waals surface area contributed by atoms with E-state index >= 15 is 0 Å². The van der Waals surface area contributed by atoms with Crippen LogP contribution in [0.2, 0.25) is 0 Å². The maximum atomic E-state index is 4.83. The van der Waals surface area contributed by atoms with Gasteiger partial charge in [0.25, 0.3) is 0 Å². The number of nitrogens with one attached hydrogen (secondary N) is 1. The van der Waals surface area contributed by atoms with Gasteiger partial charge in [0.1, 0.15) is 11.5 Å². The van der Waals surface area contributed by atoms with E-state index in [2.05, 4.69) is 28.3 Å². The van der Waals surface area contributed by atoms with Gasteiger partial charge >= 0.3 is 0 Å². The van der Waals surface area contributed by atoms with Gasteiger partial charge in [-0.15, -0.1) is 16.4 Å². The number of hydrogen-bond donors (Lipinski definition) is 1. The van der Waals surface area contributed by atoms with Gasteiger partial charge in [-0.25, -0.2) is 9.50 Å².